The van der Waals surface area contributed by atoms with Gasteiger partial charge >= 0.3 is 0 Å². The van der Waals surface area contributed by atoms with Gasteiger partial charge in [-0.2, -0.15) is 0 Å². The maximum atomic E-state index is 6.18. The molecular formula is C20H16ClN3S. The van der Waals surface area contributed by atoms with Crippen LogP contribution >= 0.6 is 22.9 Å². The van der Waals surface area contributed by atoms with E-state index in [0.29, 0.717) is 10.9 Å². The molecule has 0 bridgehead atoms. The number of hydrogen-bond donors (Lipinski definition) is 1. The van der Waals surface area contributed by atoms with E-state index in [2.05, 4.69) is 24.4 Å². The Balaban J connectivity index is 1.88. The smallest absolute Gasteiger partial charge is 0.172 e. The maximum Gasteiger partial charge on any atom is 0.172 e. The third-order valence-electron chi connectivity index (χ3n) is 4.01. The molecule has 0 saturated carbocycles. The summed E-state index contributed by atoms with van der Waals surface area (Å²) >= 11 is 7.81. The number of hydrogen-bond acceptors (Lipinski definition) is 4. The number of amidine groups is 2. The Labute approximate surface area is 155 Å². The predicted octanol–water partition coefficient (Wildman–Crippen LogP) is 5.91. The van der Waals surface area contributed by atoms with E-state index in [0.717, 1.165) is 34.1 Å². The summed E-state index contributed by atoms with van der Waals surface area (Å²) in [6, 6.07) is 18.0. The number of rotatable bonds is 3. The van der Waals surface area contributed by atoms with Crippen LogP contribution < -0.4 is 5.32 Å². The van der Waals surface area contributed by atoms with E-state index in [4.69, 9.17) is 21.6 Å². The molecule has 0 unspecified atom stereocenters. The van der Waals surface area contributed by atoms with Crippen LogP contribution in [0.25, 0.3) is 0 Å². The standard InChI is InChI=1S/C20H16ClN3S/c1-2-13-8-9-16-17(11-13)23-19(14-5-3-6-15(21)12-14)24-20(22-16)18-7-4-10-25-18/h3-12H,2H2,1H3,(H,22,23,24). The van der Waals surface area contributed by atoms with Crippen LogP contribution in [0.2, 0.25) is 5.02 Å². The van der Waals surface area contributed by atoms with Crippen molar-refractivity contribution in [1.29, 1.82) is 0 Å². The van der Waals surface area contributed by atoms with E-state index in [1.807, 2.05) is 47.8 Å². The first kappa shape index (κ1) is 16.1. The molecule has 0 atom stereocenters. The Morgan fingerprint density at radius 1 is 1.04 bits per heavy atom. The summed E-state index contributed by atoms with van der Waals surface area (Å²) in [5.41, 5.74) is 4.05. The Bertz CT molecular complexity index is 974. The largest absolute Gasteiger partial charge is 0.338 e. The normalized spacial score (nSPS) is 13.4. The fourth-order valence-corrected chi connectivity index (χ4v) is 3.54. The molecule has 0 radical (unpaired) electrons. The van der Waals surface area contributed by atoms with Gasteiger partial charge in [-0.1, -0.05) is 42.8 Å². The van der Waals surface area contributed by atoms with E-state index in [9.17, 15) is 0 Å². The Kier molecular flexibility index (Phi) is 4.38. The summed E-state index contributed by atoms with van der Waals surface area (Å²) in [5.74, 6) is 1.46. The molecule has 5 heteroatoms. The summed E-state index contributed by atoms with van der Waals surface area (Å²) in [5, 5.41) is 6.17. The topological polar surface area (TPSA) is 36.8 Å². The minimum Gasteiger partial charge on any atom is -0.338 e. The SMILES string of the molecule is CCc1ccc2c(c1)NC(c1cccc(Cl)c1)=NC(c1cccs1)=N2. The molecule has 0 spiro atoms. The number of fused-ring (bicyclic) bond motifs is 1. The highest BCUT2D eigenvalue weighted by Crippen LogP contribution is 2.31. The van der Waals surface area contributed by atoms with Crippen LogP contribution in [0.4, 0.5) is 11.4 Å². The molecule has 0 saturated heterocycles. The van der Waals surface area contributed by atoms with E-state index < -0.39 is 0 Å². The highest BCUT2D eigenvalue weighted by atomic mass is 35.5. The molecule has 1 aromatic heterocycles. The lowest BCUT2D eigenvalue weighted by Gasteiger charge is -2.11. The van der Waals surface area contributed by atoms with Gasteiger partial charge in [-0.25, -0.2) is 9.98 Å². The summed E-state index contributed by atoms with van der Waals surface area (Å²) in [4.78, 5) is 10.6. The van der Waals surface area contributed by atoms with Crippen molar-refractivity contribution in [1.82, 2.24) is 0 Å². The first-order valence-electron chi connectivity index (χ1n) is 8.10. The number of aryl methyl sites for hydroxylation is 1. The molecule has 3 nitrogen and oxygen atoms in total. The highest BCUT2D eigenvalue weighted by molar-refractivity contribution is 7.12. The van der Waals surface area contributed by atoms with Gasteiger partial charge in [0.25, 0.3) is 0 Å². The molecule has 124 valence electrons. The monoisotopic (exact) mass is 365 g/mol. The summed E-state index contributed by atoms with van der Waals surface area (Å²) < 4.78 is 0. The number of anilines is 1. The van der Waals surface area contributed by atoms with Crippen LogP contribution in [0.1, 0.15) is 22.9 Å². The summed E-state index contributed by atoms with van der Waals surface area (Å²) in [6.07, 6.45) is 0.972. The van der Waals surface area contributed by atoms with Gasteiger partial charge in [0, 0.05) is 10.6 Å². The molecule has 4 rings (SSSR count). The number of aliphatic imine (C=N–C) groups is 2. The van der Waals surface area contributed by atoms with Crippen molar-refractivity contribution in [3.8, 4) is 0 Å². The fraction of sp³-hybridized carbons (Fsp3) is 0.100. The Hall–Kier alpha value is -2.43. The second-order valence-electron chi connectivity index (χ2n) is 5.71. The molecular weight excluding hydrogens is 350 g/mol. The molecule has 1 N–H and O–H groups in total. The van der Waals surface area contributed by atoms with Gasteiger partial charge in [0.2, 0.25) is 0 Å². The first-order chi connectivity index (χ1) is 12.2. The molecule has 0 aliphatic carbocycles. The lowest BCUT2D eigenvalue weighted by molar-refractivity contribution is 1.14. The molecule has 25 heavy (non-hydrogen) atoms. The van der Waals surface area contributed by atoms with Crippen LogP contribution in [0.15, 0.2) is 70.0 Å². The Morgan fingerprint density at radius 3 is 2.72 bits per heavy atom. The molecule has 3 aromatic rings. The van der Waals surface area contributed by atoms with E-state index in [1.54, 1.807) is 11.3 Å². The zero-order valence-corrected chi connectivity index (χ0v) is 15.2. The van der Waals surface area contributed by atoms with Crippen LogP contribution in [0.5, 0.6) is 0 Å². The third-order valence-corrected chi connectivity index (χ3v) is 5.11. The van der Waals surface area contributed by atoms with Crippen LogP contribution in [0.3, 0.4) is 0 Å². The first-order valence-corrected chi connectivity index (χ1v) is 9.36. The van der Waals surface area contributed by atoms with Crippen LogP contribution in [-0.4, -0.2) is 11.7 Å². The average Bonchev–Trinajstić information content (AvgIpc) is 3.09. The minimum atomic E-state index is 0.684. The van der Waals surface area contributed by atoms with E-state index in [1.165, 1.54) is 5.56 Å². The van der Waals surface area contributed by atoms with Crippen molar-refractivity contribution in [2.45, 2.75) is 13.3 Å². The van der Waals surface area contributed by atoms with E-state index in [-0.39, 0.29) is 0 Å². The Morgan fingerprint density at radius 2 is 1.96 bits per heavy atom. The van der Waals surface area contributed by atoms with Gasteiger partial charge in [-0.05, 0) is 47.7 Å². The van der Waals surface area contributed by atoms with Crippen molar-refractivity contribution < 1.29 is 0 Å². The van der Waals surface area contributed by atoms with Gasteiger partial charge in [0.15, 0.2) is 5.84 Å². The lowest BCUT2D eigenvalue weighted by Crippen LogP contribution is -2.14. The molecule has 1 aliphatic heterocycles. The number of nitrogens with zero attached hydrogens (tertiary/aromatic N) is 2. The van der Waals surface area contributed by atoms with Gasteiger partial charge in [0.05, 0.1) is 16.3 Å². The van der Waals surface area contributed by atoms with E-state index >= 15 is 0 Å². The average molecular weight is 366 g/mol. The highest BCUT2D eigenvalue weighted by Gasteiger charge is 2.16. The van der Waals surface area contributed by atoms with Crippen molar-refractivity contribution in [2.24, 2.45) is 9.98 Å². The third kappa shape index (κ3) is 3.36. The van der Waals surface area contributed by atoms with Gasteiger partial charge in [-0.15, -0.1) is 11.3 Å². The van der Waals surface area contributed by atoms with Gasteiger partial charge < -0.3 is 5.32 Å². The van der Waals surface area contributed by atoms with Crippen molar-refractivity contribution in [2.75, 3.05) is 5.32 Å². The van der Waals surface area contributed by atoms with Gasteiger partial charge in [0.1, 0.15) is 5.84 Å². The van der Waals surface area contributed by atoms with Crippen LogP contribution in [-0.2, 0) is 6.42 Å². The predicted molar refractivity (Wildman–Crippen MR) is 108 cm³/mol. The zero-order valence-electron chi connectivity index (χ0n) is 13.7. The van der Waals surface area contributed by atoms with Crippen molar-refractivity contribution in [3.05, 3.63) is 81.0 Å². The second-order valence-corrected chi connectivity index (χ2v) is 7.10. The quantitative estimate of drug-likeness (QED) is 0.615. The number of halogens is 1. The molecule has 0 amide bonds. The minimum absolute atomic E-state index is 0.684. The maximum absolute atomic E-state index is 6.18. The van der Waals surface area contributed by atoms with Crippen molar-refractivity contribution >= 4 is 46.0 Å². The second kappa shape index (κ2) is 6.82. The summed E-state index contributed by atoms with van der Waals surface area (Å²) in [7, 11) is 0. The van der Waals surface area contributed by atoms with Crippen LogP contribution in [0, 0.1) is 0 Å². The molecule has 2 heterocycles. The van der Waals surface area contributed by atoms with Crippen molar-refractivity contribution in [3.63, 3.8) is 0 Å². The zero-order chi connectivity index (χ0) is 17.2. The number of thiophene rings is 1. The van der Waals surface area contributed by atoms with Gasteiger partial charge in [-0.3, -0.25) is 0 Å². The lowest BCUT2D eigenvalue weighted by atomic mass is 10.1. The number of benzene rings is 2. The summed E-state index contributed by atoms with van der Waals surface area (Å²) in [6.45, 7) is 2.14. The number of nitrogens with one attached hydrogen (secondary N) is 1. The molecule has 1 aliphatic rings. The molecule has 2 aromatic carbocycles. The fourth-order valence-electron chi connectivity index (χ4n) is 2.69. The molecule has 0 fully saturated rings.